The Morgan fingerprint density at radius 2 is 0.937 bits per heavy atom. The number of nitrogens with zero attached hydrogens (tertiary/aromatic N) is 4. The van der Waals surface area contributed by atoms with E-state index in [1.165, 1.54) is 125 Å². The maximum absolute atomic E-state index is 14.5. The van der Waals surface area contributed by atoms with Gasteiger partial charge in [-0.15, -0.1) is 0 Å². The summed E-state index contributed by atoms with van der Waals surface area (Å²) in [5.41, 5.74) is -7.44. The highest BCUT2D eigenvalue weighted by Gasteiger charge is 2.60. The van der Waals surface area contributed by atoms with Crippen molar-refractivity contribution >= 4 is 81.5 Å². The van der Waals surface area contributed by atoms with E-state index in [4.69, 9.17) is 65.4 Å². The Hall–Kier alpha value is -7.08. The molecule has 0 fully saturated rings. The summed E-state index contributed by atoms with van der Waals surface area (Å²) in [5.74, 6) is -4.94. The third-order valence-electron chi connectivity index (χ3n) is 12.9. The molecule has 0 aliphatic carbocycles. The summed E-state index contributed by atoms with van der Waals surface area (Å²) in [4.78, 5) is 57.5. The van der Waals surface area contributed by atoms with Gasteiger partial charge in [0.15, 0.2) is 24.4 Å². The lowest BCUT2D eigenvalue weighted by Crippen LogP contribution is -2.47. The Morgan fingerprint density at radius 1 is 0.582 bits per heavy atom. The molecule has 2 aliphatic heterocycles. The van der Waals surface area contributed by atoms with Gasteiger partial charge in [-0.05, 0) is 82.9 Å². The zero-order chi connectivity index (χ0) is 57.4. The number of aliphatic hydroxyl groups is 2. The van der Waals surface area contributed by atoms with Gasteiger partial charge in [-0.3, -0.25) is 9.59 Å². The first kappa shape index (κ1) is 61.1. The number of aromatic nitrogens is 2. The molecule has 420 valence electrons. The number of likely N-dealkylation sites (N-methyl/N-ethyl adjacent to an activating group) is 2. The van der Waals surface area contributed by atoms with Crippen LogP contribution in [0.4, 0.5) is 37.7 Å². The summed E-state index contributed by atoms with van der Waals surface area (Å²) >= 11 is 25.0. The molecule has 2 aromatic heterocycles. The number of rotatable bonds is 12. The summed E-state index contributed by atoms with van der Waals surface area (Å²) in [6.45, 7) is 1.87. The van der Waals surface area contributed by atoms with E-state index in [1.54, 1.807) is 0 Å². The fourth-order valence-electron chi connectivity index (χ4n) is 8.32. The molecule has 0 spiro atoms. The quantitative estimate of drug-likeness (QED) is 0.0867. The minimum atomic E-state index is -5.13. The molecule has 2 N–H and O–H groups in total. The second kappa shape index (κ2) is 23.7. The van der Waals surface area contributed by atoms with Gasteiger partial charge >= 0.3 is 24.3 Å². The van der Waals surface area contributed by atoms with Crippen LogP contribution in [0.1, 0.15) is 76.1 Å². The van der Waals surface area contributed by atoms with Gasteiger partial charge in [0.05, 0.1) is 36.7 Å². The molecule has 2 amide bonds. The normalized spacial score (nSPS) is 15.4. The molecular formula is C53H46Cl4F6N4O12. The number of amides is 2. The average Bonchev–Trinajstić information content (AvgIpc) is 3.43. The first-order valence-electron chi connectivity index (χ1n) is 22.6. The number of hydrogen-bond donors (Lipinski definition) is 2. The Kier molecular flexibility index (Phi) is 18.4. The molecule has 8 rings (SSSR count). The highest BCUT2D eigenvalue weighted by molar-refractivity contribution is 6.33. The number of benzene rings is 4. The molecule has 2 aliphatic rings. The predicted molar refractivity (Wildman–Crippen MR) is 278 cm³/mol. The Balaban J connectivity index is 0.000000252. The number of halogens is 10. The van der Waals surface area contributed by atoms with Crippen LogP contribution in [0.25, 0.3) is 0 Å². The summed E-state index contributed by atoms with van der Waals surface area (Å²) in [6, 6.07) is 17.2. The molecule has 16 nitrogen and oxygen atoms in total. The Morgan fingerprint density at radius 3 is 1.24 bits per heavy atom. The average molecular weight is 1190 g/mol. The number of hydrogen-bond acceptors (Lipinski definition) is 14. The van der Waals surface area contributed by atoms with Crippen LogP contribution in [-0.2, 0) is 30.3 Å². The molecule has 4 heterocycles. The van der Waals surface area contributed by atoms with Crippen molar-refractivity contribution in [2.75, 3.05) is 51.3 Å². The largest absolute Gasteiger partial charge is 0.482 e. The van der Waals surface area contributed by atoms with E-state index in [9.17, 15) is 55.7 Å². The van der Waals surface area contributed by atoms with Gasteiger partial charge in [0, 0.05) is 48.4 Å². The lowest BCUT2D eigenvalue weighted by atomic mass is 9.77. The van der Waals surface area contributed by atoms with Gasteiger partial charge in [-0.25, -0.2) is 19.6 Å². The van der Waals surface area contributed by atoms with Crippen molar-refractivity contribution in [1.29, 1.82) is 0 Å². The van der Waals surface area contributed by atoms with Crippen molar-refractivity contribution < 1.29 is 84.2 Å². The van der Waals surface area contributed by atoms with Crippen LogP contribution < -0.4 is 28.7 Å². The fourth-order valence-corrected chi connectivity index (χ4v) is 9.39. The van der Waals surface area contributed by atoms with Crippen molar-refractivity contribution in [1.82, 2.24) is 9.97 Å². The second-order valence-electron chi connectivity index (χ2n) is 17.4. The maximum atomic E-state index is 14.5. The highest BCUT2D eigenvalue weighted by atomic mass is 35.5. The Bertz CT molecular complexity index is 3120. The first-order chi connectivity index (χ1) is 36.5. The number of pyridine rings is 2. The second-order valence-corrected chi connectivity index (χ2v) is 19.0. The number of ether oxygens (including phenoxy) is 6. The molecule has 26 heteroatoms. The number of fused-ring (bicyclic) bond motifs is 2. The molecule has 4 aromatic carbocycles. The fraction of sp³-hybridized carbons (Fsp3) is 0.283. The zero-order valence-electron chi connectivity index (χ0n) is 41.4. The van der Waals surface area contributed by atoms with E-state index in [0.29, 0.717) is 0 Å². The summed E-state index contributed by atoms with van der Waals surface area (Å²) in [6.07, 6.45) is -7.89. The highest BCUT2D eigenvalue weighted by Crippen LogP contribution is 2.53. The van der Waals surface area contributed by atoms with Crippen molar-refractivity contribution in [3.8, 4) is 34.8 Å². The van der Waals surface area contributed by atoms with Crippen LogP contribution in [0.5, 0.6) is 34.8 Å². The topological polar surface area (TPSA) is 196 Å². The number of alkyl halides is 6. The van der Waals surface area contributed by atoms with E-state index < -0.39 is 70.3 Å². The SMILES string of the molecule is C.COC(=O)c1cnc(Oc2ccc([C@@H](C)[C@@](O)(c3ccc4c(c3)N(C)C(=O)CO4)C(F)(F)F)c(Cl)c2)c(Cl)c1.COC(=O)c1cnc(Oc2ccc([C@H](C)[C@](O)(c3ccc4c(c3)N(C)C(=O)CO4)C(F)(F)F)c(Cl)c2)c(Cl)c1. The molecule has 4 atom stereocenters. The molecule has 0 unspecified atom stereocenters. The molecule has 0 radical (unpaired) electrons. The summed E-state index contributed by atoms with van der Waals surface area (Å²) < 4.78 is 118. The number of esters is 2. The number of anilines is 2. The predicted octanol–water partition coefficient (Wildman–Crippen LogP) is 12.4. The van der Waals surface area contributed by atoms with Crippen molar-refractivity contribution in [2.24, 2.45) is 0 Å². The van der Waals surface area contributed by atoms with Crippen LogP contribution in [0.3, 0.4) is 0 Å². The third-order valence-corrected chi connectivity index (χ3v) is 14.0. The Labute approximate surface area is 467 Å². The van der Waals surface area contributed by atoms with Crippen LogP contribution >= 0.6 is 46.4 Å². The zero-order valence-corrected chi connectivity index (χ0v) is 44.4. The van der Waals surface area contributed by atoms with Crippen molar-refractivity contribution in [3.05, 3.63) is 151 Å². The molecule has 79 heavy (non-hydrogen) atoms. The van der Waals surface area contributed by atoms with E-state index in [1.807, 2.05) is 0 Å². The maximum Gasteiger partial charge on any atom is 0.422 e. The lowest BCUT2D eigenvalue weighted by molar-refractivity contribution is -0.274. The van der Waals surface area contributed by atoms with Gasteiger partial charge in [-0.1, -0.05) is 91.9 Å². The van der Waals surface area contributed by atoms with Crippen LogP contribution in [0.15, 0.2) is 97.3 Å². The van der Waals surface area contributed by atoms with Crippen LogP contribution in [0, 0.1) is 0 Å². The van der Waals surface area contributed by atoms with Crippen molar-refractivity contribution in [2.45, 2.75) is 56.7 Å². The minimum absolute atomic E-state index is 0. The van der Waals surface area contributed by atoms with Crippen LogP contribution in [0.2, 0.25) is 20.1 Å². The summed E-state index contributed by atoms with van der Waals surface area (Å²) in [5, 5.41) is 22.2. The smallest absolute Gasteiger partial charge is 0.422 e. The standard InChI is InChI=1S/2C26H21Cl2F3N2O6.CH4/c2*1-13(25(36,26(29,30)31)15-4-7-21-20(9-15)33(2)22(34)12-38-21)17-6-5-16(10-18(17)27)39-23-19(28)8-14(11-32-23)24(35)37-3;/h2*4-11,13,36H,12H2,1-3H3;1H4/t2*13-,25-;/m10./s1. The van der Waals surface area contributed by atoms with Gasteiger partial charge in [-0.2, -0.15) is 26.3 Å². The van der Waals surface area contributed by atoms with Gasteiger partial charge in [0.2, 0.25) is 11.8 Å². The lowest BCUT2D eigenvalue weighted by Gasteiger charge is -2.38. The monoisotopic (exact) mass is 1180 g/mol. The van der Waals surface area contributed by atoms with Gasteiger partial charge in [0.1, 0.15) is 33.0 Å². The minimum Gasteiger partial charge on any atom is -0.482 e. The van der Waals surface area contributed by atoms with E-state index in [0.717, 1.165) is 24.3 Å². The first-order valence-corrected chi connectivity index (χ1v) is 24.1. The molecule has 0 saturated heterocycles. The van der Waals surface area contributed by atoms with E-state index in [2.05, 4.69) is 19.4 Å². The number of carbonyl (C=O) groups excluding carboxylic acids is 4. The molecular weight excluding hydrogens is 1140 g/mol. The van der Waals surface area contributed by atoms with Gasteiger partial charge < -0.3 is 48.4 Å². The molecule has 0 saturated carbocycles. The van der Waals surface area contributed by atoms with Crippen molar-refractivity contribution in [3.63, 3.8) is 0 Å². The van der Waals surface area contributed by atoms with Gasteiger partial charge in [0.25, 0.3) is 11.8 Å². The van der Waals surface area contributed by atoms with Crippen LogP contribution in [-0.4, -0.2) is 97.8 Å². The summed E-state index contributed by atoms with van der Waals surface area (Å²) in [7, 11) is 5.21. The molecule has 6 aromatic rings. The number of methoxy groups -OCH3 is 2. The number of carbonyl (C=O) groups is 4. The third kappa shape index (κ3) is 12.1. The van der Waals surface area contributed by atoms with E-state index >= 15 is 0 Å². The van der Waals surface area contributed by atoms with E-state index in [-0.39, 0.29) is 109 Å². The molecule has 0 bridgehead atoms.